The van der Waals surface area contributed by atoms with Gasteiger partial charge in [-0.15, -0.1) is 0 Å². The Hall–Kier alpha value is -2.51. The van der Waals surface area contributed by atoms with Crippen LogP contribution in [0.4, 0.5) is 0 Å². The fourth-order valence-electron chi connectivity index (χ4n) is 4.67. The van der Waals surface area contributed by atoms with Gasteiger partial charge >= 0.3 is 0 Å². The first-order chi connectivity index (χ1) is 14.0. The second-order valence-corrected chi connectivity index (χ2v) is 8.32. The van der Waals surface area contributed by atoms with E-state index in [1.54, 1.807) is 11.8 Å². The van der Waals surface area contributed by atoms with Gasteiger partial charge in [0.2, 0.25) is 17.7 Å². The number of carbonyl (C=O) groups is 3. The molecule has 2 fully saturated rings. The molecule has 2 saturated heterocycles. The normalized spacial score (nSPS) is 22.8. The summed E-state index contributed by atoms with van der Waals surface area (Å²) in [7, 11) is 0. The standard InChI is InChI=1S/C21H29N5O3/c1-3-24-12-16(10-19(24)28)21(29)26-9-6-18-17(13-26)11-22-20(23-18)15-4-7-25(8-5-15)14(2)27/h11,15-16H,3-10,12-13H2,1-2H3/t16-/m1/s1. The van der Waals surface area contributed by atoms with Crippen molar-refractivity contribution in [1.29, 1.82) is 0 Å². The summed E-state index contributed by atoms with van der Waals surface area (Å²) in [4.78, 5) is 51.3. The molecule has 1 atom stereocenters. The van der Waals surface area contributed by atoms with Crippen LogP contribution in [0.2, 0.25) is 0 Å². The second kappa shape index (κ2) is 8.08. The van der Waals surface area contributed by atoms with E-state index in [0.717, 1.165) is 49.4 Å². The summed E-state index contributed by atoms with van der Waals surface area (Å²) in [5, 5.41) is 0. The minimum absolute atomic E-state index is 0.0700. The number of amides is 3. The van der Waals surface area contributed by atoms with Crippen molar-refractivity contribution in [2.45, 2.75) is 52.0 Å². The van der Waals surface area contributed by atoms with Gasteiger partial charge in [-0.25, -0.2) is 9.97 Å². The molecular formula is C21H29N5O3. The van der Waals surface area contributed by atoms with Crippen molar-refractivity contribution in [2.24, 2.45) is 5.92 Å². The lowest BCUT2D eigenvalue weighted by Crippen LogP contribution is -2.41. The molecule has 0 bridgehead atoms. The molecule has 3 amide bonds. The van der Waals surface area contributed by atoms with Gasteiger partial charge in [0.25, 0.3) is 0 Å². The highest BCUT2D eigenvalue weighted by Gasteiger charge is 2.37. The lowest BCUT2D eigenvalue weighted by atomic mass is 9.95. The molecule has 0 N–H and O–H groups in total. The average Bonchev–Trinajstić information content (AvgIpc) is 3.13. The van der Waals surface area contributed by atoms with Crippen LogP contribution in [-0.2, 0) is 27.3 Å². The fraction of sp³-hybridized carbons (Fsp3) is 0.667. The number of hydrogen-bond donors (Lipinski definition) is 0. The van der Waals surface area contributed by atoms with Crippen molar-refractivity contribution in [3.05, 3.63) is 23.3 Å². The zero-order valence-electron chi connectivity index (χ0n) is 17.3. The summed E-state index contributed by atoms with van der Waals surface area (Å²) in [6.45, 7) is 7.44. The van der Waals surface area contributed by atoms with Crippen LogP contribution in [0.25, 0.3) is 0 Å². The van der Waals surface area contributed by atoms with Gasteiger partial charge in [-0.1, -0.05) is 0 Å². The van der Waals surface area contributed by atoms with Gasteiger partial charge in [-0.05, 0) is 19.8 Å². The lowest BCUT2D eigenvalue weighted by molar-refractivity contribution is -0.136. The van der Waals surface area contributed by atoms with E-state index in [0.29, 0.717) is 38.5 Å². The fourth-order valence-corrected chi connectivity index (χ4v) is 4.67. The maximum absolute atomic E-state index is 12.9. The summed E-state index contributed by atoms with van der Waals surface area (Å²) in [5.41, 5.74) is 2.04. The first kappa shape index (κ1) is 19.8. The zero-order valence-corrected chi connectivity index (χ0v) is 17.3. The van der Waals surface area contributed by atoms with Gasteiger partial charge in [0.1, 0.15) is 5.82 Å². The van der Waals surface area contributed by atoms with E-state index in [9.17, 15) is 14.4 Å². The quantitative estimate of drug-likeness (QED) is 0.756. The summed E-state index contributed by atoms with van der Waals surface area (Å²) < 4.78 is 0. The SMILES string of the molecule is CCN1C[C@H](C(=O)N2CCc3nc(C4CCN(C(C)=O)CC4)ncc3C2)CC1=O. The van der Waals surface area contributed by atoms with Crippen LogP contribution >= 0.6 is 0 Å². The minimum atomic E-state index is -0.226. The first-order valence-corrected chi connectivity index (χ1v) is 10.6. The molecule has 0 radical (unpaired) electrons. The third-order valence-corrected chi connectivity index (χ3v) is 6.52. The van der Waals surface area contributed by atoms with Crippen LogP contribution in [0.3, 0.4) is 0 Å². The predicted octanol–water partition coefficient (Wildman–Crippen LogP) is 0.956. The highest BCUT2D eigenvalue weighted by atomic mass is 16.2. The number of nitrogens with zero attached hydrogens (tertiary/aromatic N) is 5. The van der Waals surface area contributed by atoms with Gasteiger partial charge in [0.15, 0.2) is 0 Å². The Balaban J connectivity index is 1.39. The Labute approximate surface area is 171 Å². The van der Waals surface area contributed by atoms with E-state index in [1.807, 2.05) is 22.9 Å². The van der Waals surface area contributed by atoms with Gasteiger partial charge in [-0.2, -0.15) is 0 Å². The van der Waals surface area contributed by atoms with Crippen molar-refractivity contribution in [3.8, 4) is 0 Å². The van der Waals surface area contributed by atoms with E-state index in [2.05, 4.69) is 4.98 Å². The maximum Gasteiger partial charge on any atom is 0.228 e. The molecule has 1 aromatic rings. The molecule has 4 rings (SSSR count). The summed E-state index contributed by atoms with van der Waals surface area (Å²) in [6.07, 6.45) is 4.71. The Kier molecular flexibility index (Phi) is 5.52. The van der Waals surface area contributed by atoms with E-state index in [4.69, 9.17) is 4.98 Å². The molecule has 0 saturated carbocycles. The number of rotatable bonds is 3. The van der Waals surface area contributed by atoms with Crippen LogP contribution in [0.5, 0.6) is 0 Å². The number of likely N-dealkylation sites (tertiary alicyclic amines) is 2. The van der Waals surface area contributed by atoms with Crippen LogP contribution in [0.1, 0.15) is 56.1 Å². The van der Waals surface area contributed by atoms with Crippen LogP contribution in [-0.4, -0.2) is 75.1 Å². The molecule has 0 aliphatic carbocycles. The van der Waals surface area contributed by atoms with Crippen molar-refractivity contribution < 1.29 is 14.4 Å². The highest BCUT2D eigenvalue weighted by Crippen LogP contribution is 2.28. The molecule has 8 heteroatoms. The molecular weight excluding hydrogens is 370 g/mol. The van der Waals surface area contributed by atoms with E-state index in [-0.39, 0.29) is 23.6 Å². The van der Waals surface area contributed by atoms with Crippen LogP contribution in [0, 0.1) is 5.92 Å². The average molecular weight is 399 g/mol. The molecule has 0 unspecified atom stereocenters. The van der Waals surface area contributed by atoms with Crippen molar-refractivity contribution in [1.82, 2.24) is 24.7 Å². The summed E-state index contributed by atoms with van der Waals surface area (Å²) >= 11 is 0. The molecule has 4 heterocycles. The predicted molar refractivity (Wildman–Crippen MR) is 106 cm³/mol. The Bertz CT molecular complexity index is 819. The number of hydrogen-bond acceptors (Lipinski definition) is 5. The van der Waals surface area contributed by atoms with Crippen LogP contribution in [0.15, 0.2) is 6.20 Å². The summed E-state index contributed by atoms with van der Waals surface area (Å²) in [6, 6.07) is 0. The number of piperidine rings is 1. The third kappa shape index (κ3) is 3.97. The molecule has 8 nitrogen and oxygen atoms in total. The van der Waals surface area contributed by atoms with Crippen molar-refractivity contribution in [2.75, 3.05) is 32.7 Å². The Morgan fingerprint density at radius 1 is 1.17 bits per heavy atom. The zero-order chi connectivity index (χ0) is 20.5. The van der Waals surface area contributed by atoms with Gasteiger partial charge in [0.05, 0.1) is 11.6 Å². The Morgan fingerprint density at radius 3 is 2.59 bits per heavy atom. The molecule has 3 aliphatic heterocycles. The smallest absolute Gasteiger partial charge is 0.228 e. The molecule has 0 spiro atoms. The minimum Gasteiger partial charge on any atom is -0.343 e. The first-order valence-electron chi connectivity index (χ1n) is 10.6. The molecule has 1 aromatic heterocycles. The van der Waals surface area contributed by atoms with Crippen LogP contribution < -0.4 is 0 Å². The maximum atomic E-state index is 12.9. The van der Waals surface area contributed by atoms with Crippen molar-refractivity contribution >= 4 is 17.7 Å². The molecule has 29 heavy (non-hydrogen) atoms. The lowest BCUT2D eigenvalue weighted by Gasteiger charge is -2.32. The number of aromatic nitrogens is 2. The second-order valence-electron chi connectivity index (χ2n) is 8.32. The van der Waals surface area contributed by atoms with E-state index >= 15 is 0 Å². The third-order valence-electron chi connectivity index (χ3n) is 6.52. The van der Waals surface area contributed by atoms with E-state index < -0.39 is 0 Å². The molecule has 156 valence electrons. The van der Waals surface area contributed by atoms with Crippen molar-refractivity contribution in [3.63, 3.8) is 0 Å². The number of fused-ring (bicyclic) bond motifs is 1. The summed E-state index contributed by atoms with van der Waals surface area (Å²) in [5.74, 6) is 1.21. The molecule has 3 aliphatic rings. The topological polar surface area (TPSA) is 86.7 Å². The highest BCUT2D eigenvalue weighted by molar-refractivity contribution is 5.89. The largest absolute Gasteiger partial charge is 0.343 e. The van der Waals surface area contributed by atoms with E-state index in [1.165, 1.54) is 0 Å². The Morgan fingerprint density at radius 2 is 1.93 bits per heavy atom. The van der Waals surface area contributed by atoms with Gasteiger partial charge in [-0.3, -0.25) is 14.4 Å². The van der Waals surface area contributed by atoms with Gasteiger partial charge < -0.3 is 14.7 Å². The molecule has 0 aromatic carbocycles. The number of carbonyl (C=O) groups excluding carboxylic acids is 3. The monoisotopic (exact) mass is 399 g/mol. The van der Waals surface area contributed by atoms with Gasteiger partial charge in [0, 0.05) is 76.7 Å².